The third kappa shape index (κ3) is 3.65. The molecule has 0 bridgehead atoms. The van der Waals surface area contributed by atoms with Gasteiger partial charge in [0.15, 0.2) is 0 Å². The molecule has 3 rings (SSSR count). The third-order valence-corrected chi connectivity index (χ3v) is 7.57. The molecule has 0 nitrogen and oxygen atoms in total. The Hall–Kier alpha value is -0.0636. The minimum absolute atomic E-state index is 0. The van der Waals surface area contributed by atoms with Crippen LogP contribution in [0, 0.1) is 0 Å². The van der Waals surface area contributed by atoms with Crippen molar-refractivity contribution in [3.8, 4) is 0 Å². The van der Waals surface area contributed by atoms with E-state index in [1.807, 2.05) is 54.6 Å². The molecule has 0 N–H and O–H groups in total. The Labute approximate surface area is 176 Å². The van der Waals surface area contributed by atoms with Crippen molar-refractivity contribution in [3.05, 3.63) is 91.0 Å². The van der Waals surface area contributed by atoms with Crippen LogP contribution in [0.15, 0.2) is 106 Å². The van der Waals surface area contributed by atoms with Crippen LogP contribution in [0.3, 0.4) is 0 Å². The van der Waals surface area contributed by atoms with E-state index in [1.54, 1.807) is 0 Å². The Bertz CT molecular complexity index is 581. The third-order valence-electron chi connectivity index (χ3n) is 3.20. The van der Waals surface area contributed by atoms with E-state index in [9.17, 15) is 0 Å². The summed E-state index contributed by atoms with van der Waals surface area (Å²) in [4.78, 5) is 3.50. The van der Waals surface area contributed by atoms with Crippen molar-refractivity contribution in [2.24, 2.45) is 0 Å². The Kier molecular flexibility index (Phi) is 6.57. The minimum Gasteiger partial charge on any atom is -1.00 e. The van der Waals surface area contributed by atoms with E-state index < -0.39 is 9.24 Å². The first-order valence-electron chi connectivity index (χ1n) is 6.50. The van der Waals surface area contributed by atoms with Crippen LogP contribution in [-0.2, 0) is 0 Å². The van der Waals surface area contributed by atoms with Crippen LogP contribution >= 0.6 is 19.9 Å². The van der Waals surface area contributed by atoms with Crippen molar-refractivity contribution in [2.45, 2.75) is 14.7 Å². The van der Waals surface area contributed by atoms with Crippen LogP contribution in [0.2, 0.25) is 0 Å². The van der Waals surface area contributed by atoms with E-state index in [-0.39, 0.29) is 52.8 Å². The molecule has 0 amide bonds. The molecular weight excluding hydrogens is 323 g/mol. The van der Waals surface area contributed by atoms with Gasteiger partial charge in [0.25, 0.3) is 0 Å². The van der Waals surface area contributed by atoms with Crippen LogP contribution < -0.4 is 51.4 Å². The molecule has 0 fully saturated rings. The molecule has 0 atom stereocenters. The maximum absolute atomic E-state index is 7.20. The smallest absolute Gasteiger partial charge is 1.00 e. The van der Waals surface area contributed by atoms with Gasteiger partial charge < -0.3 is 1.43 Å². The SMILES string of the molecule is ClS(c1ccccc1)(c1ccccc1)c1ccccc1.[H-].[K+]. The summed E-state index contributed by atoms with van der Waals surface area (Å²) in [5.41, 5.74) is 0. The average molecular weight is 339 g/mol. The molecule has 0 aliphatic heterocycles. The monoisotopic (exact) mass is 338 g/mol. The summed E-state index contributed by atoms with van der Waals surface area (Å²) in [7, 11) is 5.50. The van der Waals surface area contributed by atoms with Gasteiger partial charge in [-0.25, -0.2) is 0 Å². The second-order valence-corrected chi connectivity index (χ2v) is 8.36. The molecular formula is C18H16ClKS. The van der Waals surface area contributed by atoms with E-state index in [0.29, 0.717) is 0 Å². The van der Waals surface area contributed by atoms with Gasteiger partial charge in [-0.15, -0.1) is 0 Å². The molecule has 102 valence electrons. The Balaban J connectivity index is 0.00000121. The zero-order valence-electron chi connectivity index (χ0n) is 12.9. The van der Waals surface area contributed by atoms with Crippen LogP contribution in [0.4, 0.5) is 0 Å². The van der Waals surface area contributed by atoms with Crippen molar-refractivity contribution in [3.63, 3.8) is 0 Å². The topological polar surface area (TPSA) is 0 Å². The second kappa shape index (κ2) is 7.98. The average Bonchev–Trinajstić information content (AvgIpc) is 2.56. The van der Waals surface area contributed by atoms with Crippen LogP contribution in [0.5, 0.6) is 0 Å². The summed E-state index contributed by atoms with van der Waals surface area (Å²) >= 11 is 0. The second-order valence-electron chi connectivity index (χ2n) is 4.48. The van der Waals surface area contributed by atoms with Gasteiger partial charge in [0, 0.05) is 14.7 Å². The Morgan fingerprint density at radius 2 is 0.762 bits per heavy atom. The van der Waals surface area contributed by atoms with Gasteiger partial charge >= 0.3 is 51.4 Å². The van der Waals surface area contributed by atoms with Crippen molar-refractivity contribution >= 4 is 19.9 Å². The zero-order chi connectivity index (χ0) is 13.8. The quantitative estimate of drug-likeness (QED) is 0.643. The number of hydrogen-bond donors (Lipinski definition) is 0. The molecule has 3 aromatic carbocycles. The van der Waals surface area contributed by atoms with Crippen molar-refractivity contribution < 1.29 is 52.8 Å². The predicted octanol–water partition coefficient (Wildman–Crippen LogP) is 3.24. The van der Waals surface area contributed by atoms with E-state index in [0.717, 1.165) is 0 Å². The zero-order valence-corrected chi connectivity index (χ0v) is 16.6. The van der Waals surface area contributed by atoms with Crippen molar-refractivity contribution in [1.82, 2.24) is 0 Å². The molecule has 0 heterocycles. The normalized spacial score (nSPS) is 11.5. The molecule has 0 aromatic heterocycles. The molecule has 0 spiro atoms. The molecule has 21 heavy (non-hydrogen) atoms. The fraction of sp³-hybridized carbons (Fsp3) is 0. The number of benzene rings is 3. The largest absolute Gasteiger partial charge is 1.00 e. The van der Waals surface area contributed by atoms with E-state index >= 15 is 0 Å². The van der Waals surface area contributed by atoms with Crippen molar-refractivity contribution in [2.75, 3.05) is 0 Å². The summed E-state index contributed by atoms with van der Waals surface area (Å²) < 4.78 is 0. The van der Waals surface area contributed by atoms with Crippen molar-refractivity contribution in [1.29, 1.82) is 0 Å². The fourth-order valence-corrected chi connectivity index (χ4v) is 5.57. The van der Waals surface area contributed by atoms with Crippen LogP contribution in [0.1, 0.15) is 1.43 Å². The van der Waals surface area contributed by atoms with Gasteiger partial charge in [0.1, 0.15) is 0 Å². The maximum Gasteiger partial charge on any atom is 1.00 e. The molecule has 0 saturated heterocycles. The summed E-state index contributed by atoms with van der Waals surface area (Å²) in [5.74, 6) is 0. The first-order chi connectivity index (χ1) is 9.82. The molecule has 0 radical (unpaired) electrons. The van der Waals surface area contributed by atoms with E-state index in [4.69, 9.17) is 10.7 Å². The molecule has 0 unspecified atom stereocenters. The minimum atomic E-state index is -1.70. The summed E-state index contributed by atoms with van der Waals surface area (Å²) in [5, 5.41) is 0. The molecule has 0 saturated carbocycles. The maximum atomic E-state index is 7.20. The standard InChI is InChI=1S/C18H15ClS.K.H/c19-20(16-10-4-1-5-11-16,17-12-6-2-7-13-17)18-14-8-3-9-15-18;;/h1-15H;;/q;+1;-1. The molecule has 3 aromatic rings. The Morgan fingerprint density at radius 3 is 1.00 bits per heavy atom. The molecule has 0 aliphatic carbocycles. The van der Waals surface area contributed by atoms with E-state index in [1.165, 1.54) is 14.7 Å². The van der Waals surface area contributed by atoms with Crippen LogP contribution in [-0.4, -0.2) is 0 Å². The van der Waals surface area contributed by atoms with Gasteiger partial charge in [-0.1, -0.05) is 74.5 Å². The summed E-state index contributed by atoms with van der Waals surface area (Å²) in [6.07, 6.45) is 0. The van der Waals surface area contributed by atoms with Gasteiger partial charge in [0.05, 0.1) is 0 Å². The predicted molar refractivity (Wildman–Crippen MR) is 88.7 cm³/mol. The van der Waals surface area contributed by atoms with Gasteiger partial charge in [-0.05, 0) is 36.4 Å². The van der Waals surface area contributed by atoms with Crippen LogP contribution in [0.25, 0.3) is 0 Å². The van der Waals surface area contributed by atoms with Gasteiger partial charge in [0.2, 0.25) is 0 Å². The van der Waals surface area contributed by atoms with Gasteiger partial charge in [-0.2, -0.15) is 0 Å². The molecule has 3 heteroatoms. The summed E-state index contributed by atoms with van der Waals surface area (Å²) in [6, 6.07) is 31.0. The summed E-state index contributed by atoms with van der Waals surface area (Å²) in [6.45, 7) is 0. The number of halogens is 1. The molecule has 0 aliphatic rings. The Morgan fingerprint density at radius 1 is 0.524 bits per heavy atom. The first-order valence-corrected chi connectivity index (χ1v) is 8.96. The number of rotatable bonds is 3. The van der Waals surface area contributed by atoms with Gasteiger partial charge in [-0.3, -0.25) is 0 Å². The first kappa shape index (κ1) is 17.3. The number of hydrogen-bond acceptors (Lipinski definition) is 0. The van der Waals surface area contributed by atoms with E-state index in [2.05, 4.69) is 36.4 Å². The fourth-order valence-electron chi connectivity index (χ4n) is 2.23.